The molecule has 2 N–H and O–H groups in total. The van der Waals surface area contributed by atoms with Crippen molar-refractivity contribution in [2.24, 2.45) is 0 Å². The van der Waals surface area contributed by atoms with Crippen LogP contribution in [0.5, 0.6) is 0 Å². The minimum atomic E-state index is -2.63. The molecule has 1 aliphatic carbocycles. The lowest BCUT2D eigenvalue weighted by Gasteiger charge is -2.59. The Morgan fingerprint density at radius 1 is 1.12 bits per heavy atom. The van der Waals surface area contributed by atoms with Crippen LogP contribution in [0.2, 0.25) is 31.2 Å². The standard InChI is InChI=1S/C25H41NO6Si2/c1-23(2,3)34(7,19-30-17-20-11-9-8-10-12-20)32-26-22(28)16-25(26)14-13-24(29,18-27)15-21(25)31-33(4,5)6/h8-14,21,27,29H,15-19H2,1-7H3/t21-,24-,25-,34?/m0/s1. The van der Waals surface area contributed by atoms with Gasteiger partial charge in [0.15, 0.2) is 8.32 Å². The SMILES string of the molecule is CC(C)(C)[Si](C)(COCc1ccccc1)ON1C(=O)C[C@]12C=C[C@@](O)(CO)C[C@@H]2O[Si](C)(C)C. The van der Waals surface area contributed by atoms with Crippen molar-refractivity contribution in [3.05, 3.63) is 48.0 Å². The van der Waals surface area contributed by atoms with Gasteiger partial charge in [0.05, 0.1) is 32.0 Å². The summed E-state index contributed by atoms with van der Waals surface area (Å²) in [5.74, 6) is -0.103. The summed E-state index contributed by atoms with van der Waals surface area (Å²) < 4.78 is 19.3. The van der Waals surface area contributed by atoms with E-state index in [-0.39, 0.29) is 23.8 Å². The van der Waals surface area contributed by atoms with Gasteiger partial charge in [-0.2, -0.15) is 0 Å². The van der Waals surface area contributed by atoms with Gasteiger partial charge in [0.25, 0.3) is 8.32 Å². The maximum absolute atomic E-state index is 12.9. The van der Waals surface area contributed by atoms with Crippen LogP contribution in [0.15, 0.2) is 42.5 Å². The van der Waals surface area contributed by atoms with Crippen LogP contribution in [0.3, 0.4) is 0 Å². The molecule has 0 radical (unpaired) electrons. The number of β-lactam (4-membered cyclic amide) rings is 1. The van der Waals surface area contributed by atoms with Gasteiger partial charge < -0.3 is 23.9 Å². The molecule has 190 valence electrons. The van der Waals surface area contributed by atoms with Crippen LogP contribution >= 0.6 is 0 Å². The lowest BCUT2D eigenvalue weighted by molar-refractivity contribution is -0.234. The molecule has 0 saturated carbocycles. The number of hydrogen-bond acceptors (Lipinski definition) is 6. The van der Waals surface area contributed by atoms with Crippen molar-refractivity contribution in [1.29, 1.82) is 0 Å². The van der Waals surface area contributed by atoms with Crippen LogP contribution in [-0.4, -0.2) is 67.9 Å². The predicted molar refractivity (Wildman–Crippen MR) is 137 cm³/mol. The van der Waals surface area contributed by atoms with Crippen LogP contribution in [0, 0.1) is 0 Å². The highest BCUT2D eigenvalue weighted by Gasteiger charge is 2.62. The van der Waals surface area contributed by atoms with Gasteiger partial charge in [-0.15, -0.1) is 0 Å². The molecule has 1 amide bonds. The fourth-order valence-electron chi connectivity index (χ4n) is 4.21. The van der Waals surface area contributed by atoms with Gasteiger partial charge in [0.2, 0.25) is 5.91 Å². The first-order chi connectivity index (χ1) is 15.6. The van der Waals surface area contributed by atoms with Crippen LogP contribution < -0.4 is 0 Å². The molecule has 7 nitrogen and oxygen atoms in total. The highest BCUT2D eigenvalue weighted by molar-refractivity contribution is 6.75. The van der Waals surface area contributed by atoms with Crippen molar-refractivity contribution in [2.45, 2.75) is 88.7 Å². The first-order valence-corrected chi connectivity index (χ1v) is 18.0. The molecule has 4 atom stereocenters. The minimum absolute atomic E-state index is 0.103. The fraction of sp³-hybridized carbons (Fsp3) is 0.640. The third kappa shape index (κ3) is 5.72. The average molecular weight is 508 g/mol. The zero-order valence-electron chi connectivity index (χ0n) is 21.6. The van der Waals surface area contributed by atoms with Crippen LogP contribution in [0.25, 0.3) is 0 Å². The second kappa shape index (κ2) is 9.61. The Morgan fingerprint density at radius 2 is 1.76 bits per heavy atom. The zero-order chi connectivity index (χ0) is 25.4. The number of nitrogens with zero attached hydrogens (tertiary/aromatic N) is 1. The molecule has 1 aromatic rings. The number of benzene rings is 1. The summed E-state index contributed by atoms with van der Waals surface area (Å²) in [4.78, 5) is 12.9. The van der Waals surface area contributed by atoms with Gasteiger partial charge in [0.1, 0.15) is 11.1 Å². The number of rotatable bonds is 9. The van der Waals surface area contributed by atoms with E-state index >= 15 is 0 Å². The summed E-state index contributed by atoms with van der Waals surface area (Å²) in [5.41, 5.74) is -1.08. The van der Waals surface area contributed by atoms with E-state index < -0.39 is 40.5 Å². The van der Waals surface area contributed by atoms with Gasteiger partial charge in [-0.3, -0.25) is 4.79 Å². The summed E-state index contributed by atoms with van der Waals surface area (Å²) in [5, 5.41) is 21.8. The second-order valence-electron chi connectivity index (χ2n) is 11.9. The van der Waals surface area contributed by atoms with Crippen molar-refractivity contribution >= 4 is 22.5 Å². The molecule has 3 rings (SSSR count). The molecular formula is C25H41NO6Si2. The molecular weight excluding hydrogens is 466 g/mol. The molecule has 1 aromatic carbocycles. The van der Waals surface area contributed by atoms with E-state index in [1.807, 2.05) is 30.3 Å². The maximum atomic E-state index is 12.9. The van der Waals surface area contributed by atoms with E-state index in [2.05, 4.69) is 47.0 Å². The Hall–Kier alpha value is -1.34. The normalized spacial score (nSPS) is 29.3. The lowest BCUT2D eigenvalue weighted by Crippen LogP contribution is -2.74. The van der Waals surface area contributed by atoms with Crippen molar-refractivity contribution in [3.8, 4) is 0 Å². The Morgan fingerprint density at radius 3 is 2.29 bits per heavy atom. The Bertz CT molecular complexity index is 899. The monoisotopic (exact) mass is 507 g/mol. The molecule has 1 aliphatic heterocycles. The number of hydroxylamine groups is 2. The van der Waals surface area contributed by atoms with Crippen LogP contribution in [-0.2, 0) is 25.1 Å². The predicted octanol–water partition coefficient (Wildman–Crippen LogP) is 3.92. The quantitative estimate of drug-likeness (QED) is 0.299. The molecule has 9 heteroatoms. The van der Waals surface area contributed by atoms with Crippen molar-refractivity contribution in [2.75, 3.05) is 12.8 Å². The minimum Gasteiger partial charge on any atom is -0.412 e. The molecule has 1 saturated heterocycles. The molecule has 0 aromatic heterocycles. The number of aliphatic hydroxyl groups excluding tert-OH is 1. The third-order valence-corrected chi connectivity index (χ3v) is 12.5. The Balaban J connectivity index is 1.86. The van der Waals surface area contributed by atoms with Crippen molar-refractivity contribution in [1.82, 2.24) is 5.06 Å². The lowest BCUT2D eigenvalue weighted by atomic mass is 9.72. The summed E-state index contributed by atoms with van der Waals surface area (Å²) in [6, 6.07) is 10.00. The summed E-state index contributed by atoms with van der Waals surface area (Å²) >= 11 is 0. The number of carbonyl (C=O) groups excluding carboxylic acids is 1. The molecule has 1 unspecified atom stereocenters. The second-order valence-corrected chi connectivity index (χ2v) is 20.8. The average Bonchev–Trinajstić information content (AvgIpc) is 2.73. The van der Waals surface area contributed by atoms with E-state index in [4.69, 9.17) is 13.7 Å². The molecule has 0 bridgehead atoms. The van der Waals surface area contributed by atoms with E-state index in [1.165, 1.54) is 5.06 Å². The zero-order valence-corrected chi connectivity index (χ0v) is 23.6. The van der Waals surface area contributed by atoms with E-state index in [1.54, 1.807) is 12.2 Å². The first kappa shape index (κ1) is 27.3. The van der Waals surface area contributed by atoms with Gasteiger partial charge in [-0.05, 0) is 36.8 Å². The highest BCUT2D eigenvalue weighted by Crippen LogP contribution is 2.48. The molecule has 1 fully saturated rings. The summed E-state index contributed by atoms with van der Waals surface area (Å²) in [6.45, 7) is 14.8. The Kier molecular flexibility index (Phi) is 7.70. The number of aliphatic hydroxyl groups is 2. The van der Waals surface area contributed by atoms with E-state index in [0.29, 0.717) is 12.8 Å². The Labute approximate surface area is 205 Å². The fourth-order valence-corrected chi connectivity index (χ4v) is 7.28. The highest BCUT2D eigenvalue weighted by atomic mass is 28.4. The van der Waals surface area contributed by atoms with Crippen molar-refractivity contribution in [3.63, 3.8) is 0 Å². The molecule has 34 heavy (non-hydrogen) atoms. The van der Waals surface area contributed by atoms with Crippen LogP contribution in [0.1, 0.15) is 39.2 Å². The maximum Gasteiger partial charge on any atom is 0.257 e. The smallest absolute Gasteiger partial charge is 0.257 e. The summed E-state index contributed by atoms with van der Waals surface area (Å²) in [7, 11) is -4.66. The van der Waals surface area contributed by atoms with Gasteiger partial charge in [0, 0.05) is 6.42 Å². The molecule has 1 spiro atoms. The number of ether oxygens (including phenoxy) is 1. The van der Waals surface area contributed by atoms with E-state index in [9.17, 15) is 15.0 Å². The molecule has 2 aliphatic rings. The van der Waals surface area contributed by atoms with Gasteiger partial charge in [-0.25, -0.2) is 5.06 Å². The van der Waals surface area contributed by atoms with Gasteiger partial charge in [-0.1, -0.05) is 63.3 Å². The first-order valence-electron chi connectivity index (χ1n) is 12.0. The molecule has 1 heterocycles. The van der Waals surface area contributed by atoms with Gasteiger partial charge >= 0.3 is 0 Å². The summed E-state index contributed by atoms with van der Waals surface area (Å²) in [6.07, 6.45) is 3.82. The number of carbonyl (C=O) groups is 1. The largest absolute Gasteiger partial charge is 0.412 e. The number of amides is 1. The topological polar surface area (TPSA) is 88.5 Å². The number of hydrogen-bond donors (Lipinski definition) is 2. The van der Waals surface area contributed by atoms with E-state index in [0.717, 1.165) is 5.56 Å². The third-order valence-electron chi connectivity index (χ3n) is 6.96. The van der Waals surface area contributed by atoms with Crippen LogP contribution in [0.4, 0.5) is 0 Å². The van der Waals surface area contributed by atoms with Crippen molar-refractivity contribution < 1.29 is 28.7 Å².